The van der Waals surface area contributed by atoms with Gasteiger partial charge in [-0.3, -0.25) is 24.6 Å². The molecule has 3 heterocycles. The average Bonchev–Trinajstić information content (AvgIpc) is 3.43. The van der Waals surface area contributed by atoms with Crippen molar-refractivity contribution in [3.05, 3.63) is 92.5 Å². The van der Waals surface area contributed by atoms with Gasteiger partial charge >= 0.3 is 0 Å². The molecule has 154 valence electrons. The van der Waals surface area contributed by atoms with Crippen LogP contribution in [0.1, 0.15) is 23.6 Å². The summed E-state index contributed by atoms with van der Waals surface area (Å²) in [5, 5.41) is 18.0. The van der Waals surface area contributed by atoms with Crippen molar-refractivity contribution in [2.45, 2.75) is 19.0 Å². The van der Waals surface area contributed by atoms with Crippen LogP contribution < -0.4 is 11.1 Å². The Hall–Kier alpha value is -4.34. The monoisotopic (exact) mass is 415 g/mol. The van der Waals surface area contributed by atoms with Gasteiger partial charge < -0.3 is 0 Å². The van der Waals surface area contributed by atoms with Crippen LogP contribution in [0.25, 0.3) is 11.0 Å². The lowest BCUT2D eigenvalue weighted by molar-refractivity contribution is -0.133. The first-order valence-corrected chi connectivity index (χ1v) is 9.66. The van der Waals surface area contributed by atoms with Gasteiger partial charge in [-0.2, -0.15) is 5.10 Å². The fourth-order valence-electron chi connectivity index (χ4n) is 3.71. The first kappa shape index (κ1) is 18.7. The molecule has 0 saturated carbocycles. The van der Waals surface area contributed by atoms with Gasteiger partial charge in [0.2, 0.25) is 0 Å². The highest BCUT2D eigenvalue weighted by molar-refractivity contribution is 6.03. The molecule has 4 aromatic rings. The van der Waals surface area contributed by atoms with Crippen molar-refractivity contribution >= 4 is 22.7 Å². The number of amides is 1. The van der Waals surface area contributed by atoms with E-state index in [1.807, 2.05) is 60.7 Å². The van der Waals surface area contributed by atoms with Crippen molar-refractivity contribution in [3.8, 4) is 0 Å². The van der Waals surface area contributed by atoms with Gasteiger partial charge in [0.05, 0.1) is 11.8 Å². The van der Waals surface area contributed by atoms with Crippen molar-refractivity contribution in [1.82, 2.24) is 30.2 Å². The van der Waals surface area contributed by atoms with Crippen molar-refractivity contribution in [1.29, 1.82) is 0 Å². The molecule has 1 atom stereocenters. The van der Waals surface area contributed by atoms with Crippen LogP contribution in [0.5, 0.6) is 0 Å². The quantitative estimate of drug-likeness (QED) is 0.517. The van der Waals surface area contributed by atoms with Crippen LogP contribution in [0.4, 0.5) is 0 Å². The van der Waals surface area contributed by atoms with Crippen LogP contribution in [0, 0.1) is 0 Å². The van der Waals surface area contributed by atoms with Crippen LogP contribution in [0.2, 0.25) is 0 Å². The molecule has 1 aliphatic rings. The Labute approximate surface area is 174 Å². The van der Waals surface area contributed by atoms with Crippen LogP contribution in [0.3, 0.4) is 0 Å². The zero-order valence-electron chi connectivity index (χ0n) is 16.2. The molecular weight excluding hydrogens is 398 g/mol. The Morgan fingerprint density at radius 1 is 0.968 bits per heavy atom. The summed E-state index contributed by atoms with van der Waals surface area (Å²) < 4.78 is 1.13. The second kappa shape index (κ2) is 7.48. The first-order valence-electron chi connectivity index (χ1n) is 9.66. The number of carbonyl (C=O) groups is 1. The minimum Gasteiger partial charge on any atom is -0.271 e. The zero-order chi connectivity index (χ0) is 21.4. The maximum atomic E-state index is 13.2. The highest BCUT2D eigenvalue weighted by Gasteiger charge is 2.33. The van der Waals surface area contributed by atoms with E-state index in [9.17, 15) is 14.4 Å². The Morgan fingerprint density at radius 3 is 2.39 bits per heavy atom. The summed E-state index contributed by atoms with van der Waals surface area (Å²) in [7, 11) is 0. The first-order chi connectivity index (χ1) is 15.1. The molecule has 10 nitrogen and oxygen atoms in total. The van der Waals surface area contributed by atoms with Gasteiger partial charge in [-0.15, -0.1) is 5.10 Å². The Morgan fingerprint density at radius 2 is 1.65 bits per heavy atom. The number of nitrogens with zero attached hydrogens (tertiary/aromatic N) is 5. The maximum absolute atomic E-state index is 13.2. The van der Waals surface area contributed by atoms with E-state index in [2.05, 4.69) is 25.6 Å². The maximum Gasteiger partial charge on any atom is 0.292 e. The zero-order valence-corrected chi connectivity index (χ0v) is 16.2. The lowest BCUT2D eigenvalue weighted by Gasteiger charge is -2.22. The average molecular weight is 415 g/mol. The molecule has 0 fully saturated rings. The summed E-state index contributed by atoms with van der Waals surface area (Å²) in [5.41, 5.74) is 1.34. The lowest BCUT2D eigenvalue weighted by Crippen LogP contribution is -2.31. The summed E-state index contributed by atoms with van der Waals surface area (Å²) in [4.78, 5) is 37.3. The van der Waals surface area contributed by atoms with Crippen molar-refractivity contribution in [2.24, 2.45) is 5.10 Å². The molecule has 31 heavy (non-hydrogen) atoms. The summed E-state index contributed by atoms with van der Waals surface area (Å²) in [6.07, 6.45) is 0.554. The molecule has 0 bridgehead atoms. The third kappa shape index (κ3) is 3.33. The number of aromatic nitrogens is 5. The summed E-state index contributed by atoms with van der Waals surface area (Å²) in [6, 6.07) is 19.0. The molecular formula is C21H17N7O3. The number of hydrazone groups is 1. The standard InChI is InChI=1S/C21H17N7O3/c29-17(12-27-19-18(22-26-27)20(30)23-24-21(19)31)28-16(14-9-5-2-6-10-14)11-15(25-28)13-7-3-1-4-8-13/h1-10,16H,11-12H2,(H,23,30)(H,24,31)/t16-/m0/s1. The molecule has 0 saturated heterocycles. The van der Waals surface area contributed by atoms with E-state index >= 15 is 0 Å². The fraction of sp³-hybridized carbons (Fsp3) is 0.143. The molecule has 2 aromatic carbocycles. The number of nitrogens with one attached hydrogen (secondary N) is 2. The van der Waals surface area contributed by atoms with Crippen molar-refractivity contribution in [2.75, 3.05) is 0 Å². The van der Waals surface area contributed by atoms with Crippen molar-refractivity contribution < 1.29 is 4.79 Å². The van der Waals surface area contributed by atoms with Gasteiger partial charge in [-0.05, 0) is 11.1 Å². The molecule has 2 N–H and O–H groups in total. The van der Waals surface area contributed by atoms with E-state index in [0.717, 1.165) is 21.5 Å². The number of benzene rings is 2. The van der Waals surface area contributed by atoms with Crippen LogP contribution in [0.15, 0.2) is 75.4 Å². The number of H-pyrrole nitrogens is 2. The molecule has 0 spiro atoms. The van der Waals surface area contributed by atoms with E-state index in [1.54, 1.807) is 0 Å². The van der Waals surface area contributed by atoms with Gasteiger partial charge in [0.15, 0.2) is 11.0 Å². The predicted octanol–water partition coefficient (Wildman–Crippen LogP) is 1.19. The molecule has 0 unspecified atom stereocenters. The number of hydrogen-bond donors (Lipinski definition) is 2. The minimum atomic E-state index is -0.582. The molecule has 0 radical (unpaired) electrons. The van der Waals surface area contributed by atoms with Crippen LogP contribution >= 0.6 is 0 Å². The molecule has 1 amide bonds. The summed E-state index contributed by atoms with van der Waals surface area (Å²) in [6.45, 7) is -0.280. The van der Waals surface area contributed by atoms with Crippen molar-refractivity contribution in [3.63, 3.8) is 0 Å². The second-order valence-electron chi connectivity index (χ2n) is 7.13. The van der Waals surface area contributed by atoms with Gasteiger partial charge in [-0.25, -0.2) is 9.69 Å². The topological polar surface area (TPSA) is 129 Å². The Balaban J connectivity index is 1.52. The molecule has 1 aliphatic heterocycles. The van der Waals surface area contributed by atoms with E-state index in [1.165, 1.54) is 5.01 Å². The Kier molecular flexibility index (Phi) is 4.51. The largest absolute Gasteiger partial charge is 0.292 e. The van der Waals surface area contributed by atoms with Gasteiger partial charge in [0.1, 0.15) is 6.54 Å². The highest BCUT2D eigenvalue weighted by Crippen LogP contribution is 2.32. The highest BCUT2D eigenvalue weighted by atomic mass is 16.2. The summed E-state index contributed by atoms with van der Waals surface area (Å²) >= 11 is 0. The summed E-state index contributed by atoms with van der Waals surface area (Å²) in [5.74, 6) is -0.369. The van der Waals surface area contributed by atoms with Crippen LogP contribution in [-0.2, 0) is 11.3 Å². The minimum absolute atomic E-state index is 0.0557. The Bertz CT molecular complexity index is 1400. The van der Waals surface area contributed by atoms with Gasteiger partial charge in [-0.1, -0.05) is 65.9 Å². The fourth-order valence-corrected chi connectivity index (χ4v) is 3.71. The third-order valence-corrected chi connectivity index (χ3v) is 5.20. The molecule has 0 aliphatic carbocycles. The third-order valence-electron chi connectivity index (χ3n) is 5.20. The number of carbonyl (C=O) groups excluding carboxylic acids is 1. The van der Waals surface area contributed by atoms with Gasteiger partial charge in [0.25, 0.3) is 17.0 Å². The van der Waals surface area contributed by atoms with Crippen LogP contribution in [-0.4, -0.2) is 41.8 Å². The predicted molar refractivity (Wildman–Crippen MR) is 112 cm³/mol. The number of fused-ring (bicyclic) bond motifs is 1. The smallest absolute Gasteiger partial charge is 0.271 e. The normalized spacial score (nSPS) is 15.9. The van der Waals surface area contributed by atoms with E-state index in [0.29, 0.717) is 6.42 Å². The molecule has 2 aromatic heterocycles. The van der Waals surface area contributed by atoms with E-state index in [4.69, 9.17) is 0 Å². The molecule has 5 rings (SSSR count). The van der Waals surface area contributed by atoms with E-state index < -0.39 is 11.1 Å². The van der Waals surface area contributed by atoms with E-state index in [-0.39, 0.29) is 29.5 Å². The second-order valence-corrected chi connectivity index (χ2v) is 7.13. The lowest BCUT2D eigenvalue weighted by atomic mass is 9.98. The SMILES string of the molecule is O=C(Cn1nnc2c(=O)[nH][nH]c(=O)c21)N1N=C(c2ccccc2)C[C@H]1c1ccccc1. The number of aromatic amines is 2. The molecule has 10 heteroatoms. The number of rotatable bonds is 4. The van der Waals surface area contributed by atoms with Gasteiger partial charge in [0, 0.05) is 6.42 Å². The number of hydrogen-bond acceptors (Lipinski definition) is 6.